The highest BCUT2D eigenvalue weighted by Crippen LogP contribution is 2.35. The van der Waals surface area contributed by atoms with Crippen molar-refractivity contribution in [3.8, 4) is 16.9 Å². The van der Waals surface area contributed by atoms with Gasteiger partial charge < -0.3 is 10.8 Å². The molecule has 0 saturated carbocycles. The van der Waals surface area contributed by atoms with E-state index in [0.29, 0.717) is 5.56 Å². The van der Waals surface area contributed by atoms with Crippen molar-refractivity contribution in [3.63, 3.8) is 0 Å². The molecule has 2 aromatic carbocycles. The third kappa shape index (κ3) is 3.36. The van der Waals surface area contributed by atoms with Gasteiger partial charge in [-0.3, -0.25) is 4.79 Å². The molecule has 0 aliphatic carbocycles. The topological polar surface area (TPSA) is 63.3 Å². The van der Waals surface area contributed by atoms with E-state index in [0.717, 1.165) is 12.1 Å². The van der Waals surface area contributed by atoms with E-state index in [-0.39, 0.29) is 21.3 Å². The van der Waals surface area contributed by atoms with Crippen molar-refractivity contribution >= 4 is 21.8 Å². The van der Waals surface area contributed by atoms with E-state index < -0.39 is 17.6 Å². The van der Waals surface area contributed by atoms with E-state index in [9.17, 15) is 23.1 Å². The number of phenols is 1. The van der Waals surface area contributed by atoms with Crippen molar-refractivity contribution in [2.24, 2.45) is 5.73 Å². The number of alkyl halides is 3. The Bertz CT molecular complexity index is 714. The quantitative estimate of drug-likeness (QED) is 0.852. The lowest BCUT2D eigenvalue weighted by molar-refractivity contribution is -0.137. The van der Waals surface area contributed by atoms with Crippen LogP contribution >= 0.6 is 15.9 Å². The lowest BCUT2D eigenvalue weighted by atomic mass is 10.00. The van der Waals surface area contributed by atoms with Crippen LogP contribution in [0.15, 0.2) is 40.9 Å². The second-order valence-corrected chi connectivity index (χ2v) is 5.24. The minimum absolute atomic E-state index is 0.152. The maximum atomic E-state index is 12.8. The molecule has 0 spiro atoms. The SMILES string of the molecule is NC(=O)c1cc(-c2cc(Br)cc(C(F)(F)F)c2)ccc1O. The third-order valence-corrected chi connectivity index (χ3v) is 3.28. The summed E-state index contributed by atoms with van der Waals surface area (Å²) < 4.78 is 38.7. The summed E-state index contributed by atoms with van der Waals surface area (Å²) in [5.41, 5.74) is 4.72. The number of rotatable bonds is 2. The van der Waals surface area contributed by atoms with Crippen LogP contribution in [0.3, 0.4) is 0 Å². The Morgan fingerprint density at radius 2 is 1.76 bits per heavy atom. The molecule has 21 heavy (non-hydrogen) atoms. The largest absolute Gasteiger partial charge is 0.507 e. The molecule has 0 fully saturated rings. The minimum Gasteiger partial charge on any atom is -0.507 e. The van der Waals surface area contributed by atoms with Crippen LogP contribution in [-0.4, -0.2) is 11.0 Å². The van der Waals surface area contributed by atoms with Crippen molar-refractivity contribution in [1.29, 1.82) is 0 Å². The summed E-state index contributed by atoms with van der Waals surface area (Å²) in [6.07, 6.45) is -4.48. The van der Waals surface area contributed by atoms with Crippen LogP contribution in [0.25, 0.3) is 11.1 Å². The first-order valence-corrected chi connectivity index (χ1v) is 6.49. The second kappa shape index (κ2) is 5.40. The highest BCUT2D eigenvalue weighted by molar-refractivity contribution is 9.10. The number of carbonyl (C=O) groups is 1. The molecule has 3 N–H and O–H groups in total. The summed E-state index contributed by atoms with van der Waals surface area (Å²) in [7, 11) is 0. The molecule has 0 radical (unpaired) electrons. The zero-order valence-electron chi connectivity index (χ0n) is 10.4. The molecule has 1 amide bonds. The molecule has 0 heterocycles. The maximum absolute atomic E-state index is 12.8. The molecule has 110 valence electrons. The smallest absolute Gasteiger partial charge is 0.416 e. The van der Waals surface area contributed by atoms with Gasteiger partial charge in [0.25, 0.3) is 5.91 Å². The maximum Gasteiger partial charge on any atom is 0.416 e. The molecule has 3 nitrogen and oxygen atoms in total. The van der Waals surface area contributed by atoms with Gasteiger partial charge >= 0.3 is 6.18 Å². The Hall–Kier alpha value is -2.02. The molecule has 0 saturated heterocycles. The summed E-state index contributed by atoms with van der Waals surface area (Å²) in [6.45, 7) is 0. The average Bonchev–Trinajstić information content (AvgIpc) is 2.37. The Balaban J connectivity index is 2.59. The number of nitrogens with two attached hydrogens (primary N) is 1. The summed E-state index contributed by atoms with van der Waals surface area (Å²) in [4.78, 5) is 11.2. The first-order valence-electron chi connectivity index (χ1n) is 5.69. The van der Waals surface area contributed by atoms with Crippen molar-refractivity contribution in [1.82, 2.24) is 0 Å². The van der Waals surface area contributed by atoms with Gasteiger partial charge in [0.15, 0.2) is 0 Å². The normalized spacial score (nSPS) is 11.4. The molecule has 0 atom stereocenters. The van der Waals surface area contributed by atoms with Crippen LogP contribution < -0.4 is 5.73 Å². The number of amides is 1. The van der Waals surface area contributed by atoms with Gasteiger partial charge in [0, 0.05) is 4.47 Å². The molecular formula is C14H9BrF3NO2. The van der Waals surface area contributed by atoms with Gasteiger partial charge in [-0.05, 0) is 41.5 Å². The number of benzene rings is 2. The molecule has 0 unspecified atom stereocenters. The van der Waals surface area contributed by atoms with Gasteiger partial charge in [0.2, 0.25) is 0 Å². The van der Waals surface area contributed by atoms with Gasteiger partial charge in [0.1, 0.15) is 5.75 Å². The number of primary amides is 1. The number of carbonyl (C=O) groups excluding carboxylic acids is 1. The van der Waals surface area contributed by atoms with E-state index in [1.165, 1.54) is 24.3 Å². The summed E-state index contributed by atoms with van der Waals surface area (Å²) in [6, 6.07) is 7.26. The molecule has 2 aromatic rings. The van der Waals surface area contributed by atoms with Crippen LogP contribution in [0.1, 0.15) is 15.9 Å². The predicted octanol–water partition coefficient (Wildman–Crippen LogP) is 3.94. The Morgan fingerprint density at radius 1 is 1.10 bits per heavy atom. The van der Waals surface area contributed by atoms with Gasteiger partial charge in [-0.1, -0.05) is 22.0 Å². The average molecular weight is 360 g/mol. The number of halogens is 4. The zero-order valence-corrected chi connectivity index (χ0v) is 12.0. The minimum atomic E-state index is -4.48. The molecule has 0 aliphatic heterocycles. The molecule has 0 bridgehead atoms. The molecule has 0 aromatic heterocycles. The highest BCUT2D eigenvalue weighted by Gasteiger charge is 2.31. The van der Waals surface area contributed by atoms with Crippen molar-refractivity contribution in [2.45, 2.75) is 6.18 Å². The van der Waals surface area contributed by atoms with Crippen LogP contribution in [0, 0.1) is 0 Å². The predicted molar refractivity (Wildman–Crippen MR) is 74.8 cm³/mol. The molecule has 7 heteroatoms. The van der Waals surface area contributed by atoms with Crippen molar-refractivity contribution in [2.75, 3.05) is 0 Å². The Morgan fingerprint density at radius 3 is 2.33 bits per heavy atom. The Labute approximate surface area is 126 Å². The number of aromatic hydroxyl groups is 1. The summed E-state index contributed by atoms with van der Waals surface area (Å²) in [5, 5.41) is 9.50. The highest BCUT2D eigenvalue weighted by atomic mass is 79.9. The molecule has 2 rings (SSSR count). The van der Waals surface area contributed by atoms with E-state index in [1.54, 1.807) is 0 Å². The van der Waals surface area contributed by atoms with E-state index in [4.69, 9.17) is 5.73 Å². The van der Waals surface area contributed by atoms with Crippen molar-refractivity contribution in [3.05, 3.63) is 52.0 Å². The van der Waals surface area contributed by atoms with Crippen molar-refractivity contribution < 1.29 is 23.1 Å². The van der Waals surface area contributed by atoms with Gasteiger partial charge in [-0.2, -0.15) is 13.2 Å². The van der Waals surface area contributed by atoms with E-state index in [1.807, 2.05) is 0 Å². The van der Waals surface area contributed by atoms with Crippen LogP contribution in [-0.2, 0) is 6.18 Å². The van der Waals surface area contributed by atoms with Gasteiger partial charge in [0.05, 0.1) is 11.1 Å². The number of hydrogen-bond donors (Lipinski definition) is 2. The lowest BCUT2D eigenvalue weighted by Crippen LogP contribution is -2.11. The van der Waals surface area contributed by atoms with Crippen LogP contribution in [0.5, 0.6) is 5.75 Å². The first-order chi connectivity index (χ1) is 9.68. The molecular weight excluding hydrogens is 351 g/mol. The summed E-state index contributed by atoms with van der Waals surface area (Å²) >= 11 is 3.02. The lowest BCUT2D eigenvalue weighted by Gasteiger charge is -2.11. The fourth-order valence-corrected chi connectivity index (χ4v) is 2.33. The zero-order chi connectivity index (χ0) is 15.8. The second-order valence-electron chi connectivity index (χ2n) is 4.32. The van der Waals surface area contributed by atoms with Gasteiger partial charge in [-0.25, -0.2) is 0 Å². The summed E-state index contributed by atoms with van der Waals surface area (Å²) in [5.74, 6) is -1.18. The van der Waals surface area contributed by atoms with Crippen LogP contribution in [0.4, 0.5) is 13.2 Å². The fraction of sp³-hybridized carbons (Fsp3) is 0.0714. The first kappa shape index (κ1) is 15.4. The van der Waals surface area contributed by atoms with Crippen LogP contribution in [0.2, 0.25) is 0 Å². The Kier molecular flexibility index (Phi) is 3.95. The standard InChI is InChI=1S/C14H9BrF3NO2/c15-10-4-8(3-9(6-10)14(16,17)18)7-1-2-12(20)11(5-7)13(19)21/h1-6,20H,(H2,19,21). The third-order valence-electron chi connectivity index (χ3n) is 2.82. The van der Waals surface area contributed by atoms with E-state index in [2.05, 4.69) is 15.9 Å². The van der Waals surface area contributed by atoms with Gasteiger partial charge in [-0.15, -0.1) is 0 Å². The van der Waals surface area contributed by atoms with E-state index >= 15 is 0 Å². The number of hydrogen-bond acceptors (Lipinski definition) is 2. The fourth-order valence-electron chi connectivity index (χ4n) is 1.83. The monoisotopic (exact) mass is 359 g/mol. The molecule has 0 aliphatic rings.